The summed E-state index contributed by atoms with van der Waals surface area (Å²) in [5.74, 6) is 0.0505. The molecule has 2 N–H and O–H groups in total. The van der Waals surface area contributed by atoms with Crippen LogP contribution in [0, 0.1) is 5.82 Å². The smallest absolute Gasteiger partial charge is 0.411 e. The Morgan fingerprint density at radius 3 is 2.88 bits per heavy atom. The first kappa shape index (κ1) is 18.5. The monoisotopic (exact) mass is 362 g/mol. The van der Waals surface area contributed by atoms with Gasteiger partial charge in [-0.05, 0) is 58.1 Å². The van der Waals surface area contributed by atoms with Gasteiger partial charge in [-0.3, -0.25) is 4.90 Å². The van der Waals surface area contributed by atoms with Gasteiger partial charge in [-0.2, -0.15) is 0 Å². The first-order chi connectivity index (χ1) is 12.3. The van der Waals surface area contributed by atoms with E-state index in [-0.39, 0.29) is 5.69 Å². The molecule has 1 amide bonds. The van der Waals surface area contributed by atoms with Crippen molar-refractivity contribution < 1.29 is 18.7 Å². The number of benzene rings is 1. The molecule has 2 aliphatic rings. The van der Waals surface area contributed by atoms with Gasteiger partial charge in [-0.25, -0.2) is 9.18 Å². The van der Waals surface area contributed by atoms with Crippen LogP contribution in [0.4, 0.5) is 14.9 Å². The Bertz CT molecular complexity index is 725. The topological polar surface area (TPSA) is 64.8 Å². The highest BCUT2D eigenvalue weighted by atomic mass is 19.1. The van der Waals surface area contributed by atoms with Crippen molar-refractivity contribution >= 4 is 11.8 Å². The number of hydrogen-bond donors (Lipinski definition) is 1. The summed E-state index contributed by atoms with van der Waals surface area (Å²) in [6.45, 7) is 6.36. The molecule has 1 aromatic rings. The zero-order valence-corrected chi connectivity index (χ0v) is 15.7. The Balaban J connectivity index is 2.04. The van der Waals surface area contributed by atoms with E-state index < -0.39 is 23.6 Å². The van der Waals surface area contributed by atoms with E-state index in [1.807, 2.05) is 32.9 Å². The van der Waals surface area contributed by atoms with Crippen molar-refractivity contribution in [1.82, 2.24) is 4.90 Å². The minimum Gasteiger partial charge on any atom is -0.493 e. The highest BCUT2D eigenvalue weighted by molar-refractivity contribution is 5.70. The number of anilines is 1. The van der Waals surface area contributed by atoms with Crippen LogP contribution in [0.5, 0.6) is 5.75 Å². The number of amides is 1. The van der Waals surface area contributed by atoms with Crippen LogP contribution in [0.1, 0.15) is 57.2 Å². The van der Waals surface area contributed by atoms with E-state index in [1.54, 1.807) is 11.0 Å². The first-order valence-corrected chi connectivity index (χ1v) is 9.16. The fraction of sp³-hybridized carbons (Fsp3) is 0.550. The van der Waals surface area contributed by atoms with Crippen LogP contribution in [-0.2, 0) is 11.2 Å². The number of carbonyl (C=O) groups excluding carboxylic acids is 1. The van der Waals surface area contributed by atoms with E-state index >= 15 is 4.39 Å². The van der Waals surface area contributed by atoms with Crippen molar-refractivity contribution in [1.29, 1.82) is 0 Å². The number of halogens is 1. The molecule has 3 rings (SSSR count). The third-order valence-electron chi connectivity index (χ3n) is 4.61. The highest BCUT2D eigenvalue weighted by Gasteiger charge is 2.35. The minimum atomic E-state index is -0.623. The van der Waals surface area contributed by atoms with E-state index in [0.29, 0.717) is 30.9 Å². The Morgan fingerprint density at radius 1 is 1.38 bits per heavy atom. The van der Waals surface area contributed by atoms with Crippen molar-refractivity contribution in [3.05, 3.63) is 35.2 Å². The third kappa shape index (κ3) is 3.79. The number of hydrogen-bond acceptors (Lipinski definition) is 4. The largest absolute Gasteiger partial charge is 0.493 e. The van der Waals surface area contributed by atoms with Crippen LogP contribution >= 0.6 is 0 Å². The second-order valence-corrected chi connectivity index (χ2v) is 7.83. The molecule has 0 fully saturated rings. The van der Waals surface area contributed by atoms with Crippen LogP contribution in [-0.4, -0.2) is 29.7 Å². The van der Waals surface area contributed by atoms with Crippen LogP contribution in [0.15, 0.2) is 18.2 Å². The minimum absolute atomic E-state index is 0.102. The summed E-state index contributed by atoms with van der Waals surface area (Å²) in [6.07, 6.45) is 6.47. The molecule has 0 saturated carbocycles. The first-order valence-electron chi connectivity index (χ1n) is 9.16. The Morgan fingerprint density at radius 2 is 2.15 bits per heavy atom. The van der Waals surface area contributed by atoms with Gasteiger partial charge in [0.15, 0.2) is 5.82 Å². The maximum Gasteiger partial charge on any atom is 0.411 e. The summed E-state index contributed by atoms with van der Waals surface area (Å²) in [5.41, 5.74) is 6.70. The molecule has 1 unspecified atom stereocenters. The van der Waals surface area contributed by atoms with Crippen LogP contribution in [0.25, 0.3) is 0 Å². The molecule has 142 valence electrons. The SMILES string of the molecule is CC(C)(C)OC(=O)N1CC=CCCC1c1c(F)c(N)cc2c1OCCC2. The number of fused-ring (bicyclic) bond motifs is 1. The Hall–Kier alpha value is -2.24. The van der Waals surface area contributed by atoms with Crippen molar-refractivity contribution in [3.63, 3.8) is 0 Å². The lowest BCUT2D eigenvalue weighted by Gasteiger charge is -2.34. The molecule has 1 atom stereocenters. The summed E-state index contributed by atoms with van der Waals surface area (Å²) in [7, 11) is 0. The molecule has 2 heterocycles. The molecule has 2 aliphatic heterocycles. The van der Waals surface area contributed by atoms with Gasteiger partial charge in [-0.15, -0.1) is 0 Å². The van der Waals surface area contributed by atoms with Crippen LogP contribution < -0.4 is 10.5 Å². The zero-order chi connectivity index (χ0) is 18.9. The number of carbonyl (C=O) groups is 1. The summed E-state index contributed by atoms with van der Waals surface area (Å²) in [4.78, 5) is 14.4. The van der Waals surface area contributed by atoms with Crippen LogP contribution in [0.3, 0.4) is 0 Å². The Labute approximate surface area is 153 Å². The molecule has 0 bridgehead atoms. The number of ether oxygens (including phenoxy) is 2. The van der Waals surface area contributed by atoms with Gasteiger partial charge in [0.1, 0.15) is 11.4 Å². The van der Waals surface area contributed by atoms with E-state index in [0.717, 1.165) is 24.8 Å². The molecule has 6 heteroatoms. The number of nitrogen functional groups attached to an aromatic ring is 1. The van der Waals surface area contributed by atoms with Gasteiger partial charge >= 0.3 is 6.09 Å². The second-order valence-electron chi connectivity index (χ2n) is 7.83. The maximum atomic E-state index is 15.1. The lowest BCUT2D eigenvalue weighted by Crippen LogP contribution is -2.39. The van der Waals surface area contributed by atoms with E-state index in [2.05, 4.69) is 0 Å². The normalized spacial score (nSPS) is 20.2. The van der Waals surface area contributed by atoms with E-state index in [9.17, 15) is 4.79 Å². The van der Waals surface area contributed by atoms with E-state index in [1.165, 1.54) is 0 Å². The molecule has 0 aromatic heterocycles. The fourth-order valence-corrected chi connectivity index (χ4v) is 3.50. The molecule has 5 nitrogen and oxygen atoms in total. The molecule has 0 saturated heterocycles. The maximum absolute atomic E-state index is 15.1. The number of nitrogens with zero attached hydrogens (tertiary/aromatic N) is 1. The van der Waals surface area contributed by atoms with Gasteiger partial charge in [0, 0.05) is 6.54 Å². The lowest BCUT2D eigenvalue weighted by molar-refractivity contribution is 0.0176. The lowest BCUT2D eigenvalue weighted by atomic mass is 9.93. The standard InChI is InChI=1S/C20H27FN2O3/c1-20(2,3)26-19(24)23-10-6-4-5-9-15(23)16-17(21)14(22)12-13-8-7-11-25-18(13)16/h4,6,12,15H,5,7-11,22H2,1-3H3. The molecular formula is C20H27FN2O3. The molecular weight excluding hydrogens is 335 g/mol. The second kappa shape index (κ2) is 7.17. The summed E-state index contributed by atoms with van der Waals surface area (Å²) >= 11 is 0. The molecule has 0 aliphatic carbocycles. The van der Waals surface area contributed by atoms with Gasteiger partial charge < -0.3 is 15.2 Å². The zero-order valence-electron chi connectivity index (χ0n) is 15.7. The number of rotatable bonds is 1. The number of nitrogens with two attached hydrogens (primary N) is 1. The van der Waals surface area contributed by atoms with Crippen molar-refractivity contribution in [2.75, 3.05) is 18.9 Å². The van der Waals surface area contributed by atoms with E-state index in [4.69, 9.17) is 15.2 Å². The predicted octanol–water partition coefficient (Wildman–Crippen LogP) is 4.36. The highest BCUT2D eigenvalue weighted by Crippen LogP contribution is 2.42. The fourth-order valence-electron chi connectivity index (χ4n) is 3.50. The van der Waals surface area contributed by atoms with Crippen molar-refractivity contribution in [2.45, 2.75) is 58.1 Å². The van der Waals surface area contributed by atoms with Gasteiger partial charge in [0.05, 0.1) is 23.9 Å². The van der Waals surface area contributed by atoms with Gasteiger partial charge in [-0.1, -0.05) is 12.2 Å². The van der Waals surface area contributed by atoms with Crippen molar-refractivity contribution in [2.24, 2.45) is 0 Å². The average Bonchev–Trinajstić information content (AvgIpc) is 2.80. The summed E-state index contributed by atoms with van der Waals surface area (Å²) in [5, 5.41) is 0. The molecule has 1 aromatic carbocycles. The van der Waals surface area contributed by atoms with Crippen molar-refractivity contribution in [3.8, 4) is 5.75 Å². The number of aryl methyl sites for hydroxylation is 1. The number of allylic oxidation sites excluding steroid dienone is 1. The third-order valence-corrected chi connectivity index (χ3v) is 4.61. The Kier molecular flexibility index (Phi) is 5.12. The van der Waals surface area contributed by atoms with Crippen LogP contribution in [0.2, 0.25) is 0 Å². The summed E-state index contributed by atoms with van der Waals surface area (Å²) in [6, 6.07) is 1.18. The quantitative estimate of drug-likeness (QED) is 0.595. The van der Waals surface area contributed by atoms with Gasteiger partial charge in [0.2, 0.25) is 0 Å². The molecule has 0 spiro atoms. The van der Waals surface area contributed by atoms with Gasteiger partial charge in [0.25, 0.3) is 0 Å². The molecule has 0 radical (unpaired) electrons. The predicted molar refractivity (Wildman–Crippen MR) is 98.7 cm³/mol. The average molecular weight is 362 g/mol. The summed E-state index contributed by atoms with van der Waals surface area (Å²) < 4.78 is 26.5. The molecule has 26 heavy (non-hydrogen) atoms.